The number of carbonyl (C=O) groups is 10. The van der Waals surface area contributed by atoms with Gasteiger partial charge in [-0.2, -0.15) is 0 Å². The minimum Gasteiger partial charge on any atom is -0.508 e. The molecule has 2 rings (SSSR count). The number of nitrogens with zero attached hydrogens (tertiary/aromatic N) is 1. The average Bonchev–Trinajstić information content (AvgIpc) is 3.27. The number of phenols is 1. The maximum atomic E-state index is 13.4. The first-order valence-corrected chi connectivity index (χ1v) is 21.0. The van der Waals surface area contributed by atoms with Crippen molar-refractivity contribution in [2.45, 2.75) is 89.1 Å². The summed E-state index contributed by atoms with van der Waals surface area (Å²) in [6.45, 7) is 2.65. The third-order valence-corrected chi connectivity index (χ3v) is 9.63. The highest BCUT2D eigenvalue weighted by molar-refractivity contribution is 5.97. The molecule has 0 fully saturated rings. The predicted octanol–water partition coefficient (Wildman–Crippen LogP) is -5.03. The van der Waals surface area contributed by atoms with Crippen molar-refractivity contribution in [1.29, 1.82) is 0 Å². The zero-order chi connectivity index (χ0) is 50.2. The smallest absolute Gasteiger partial charge is 0.326 e. The molecule has 25 heteroatoms. The molecule has 0 aromatic heterocycles. The quantitative estimate of drug-likeness (QED) is 0.0216. The number of benzene rings is 2. The molecule has 67 heavy (non-hydrogen) atoms. The molecule has 0 bridgehead atoms. The number of aliphatic carboxylic acids is 1. The van der Waals surface area contributed by atoms with E-state index in [9.17, 15) is 58.2 Å². The molecule has 0 saturated heterocycles. The Bertz CT molecular complexity index is 2080. The normalized spacial score (nSPS) is 13.4. The van der Waals surface area contributed by atoms with Crippen molar-refractivity contribution in [2.24, 2.45) is 33.8 Å². The first kappa shape index (κ1) is 55.3. The molecule has 9 amide bonds. The molecule has 0 aliphatic carbocycles. The molecule has 0 unspecified atom stereocenters. The molecule has 18 N–H and O–H groups in total. The van der Waals surface area contributed by atoms with Crippen molar-refractivity contribution in [3.05, 3.63) is 65.7 Å². The highest BCUT2D eigenvalue weighted by atomic mass is 16.4. The number of phenolic OH excluding ortho intramolecular Hbond substituents is 1. The third kappa shape index (κ3) is 21.6. The summed E-state index contributed by atoms with van der Waals surface area (Å²) in [4.78, 5) is 131. The van der Waals surface area contributed by atoms with Crippen molar-refractivity contribution in [3.8, 4) is 5.75 Å². The van der Waals surface area contributed by atoms with Crippen molar-refractivity contribution in [3.63, 3.8) is 0 Å². The average molecular weight is 940 g/mol. The van der Waals surface area contributed by atoms with E-state index < -0.39 is 121 Å². The third-order valence-electron chi connectivity index (χ3n) is 9.63. The van der Waals surface area contributed by atoms with Crippen LogP contribution in [-0.4, -0.2) is 138 Å². The van der Waals surface area contributed by atoms with E-state index in [1.807, 2.05) is 0 Å². The van der Waals surface area contributed by atoms with Crippen LogP contribution in [0.4, 0.5) is 0 Å². The summed E-state index contributed by atoms with van der Waals surface area (Å²) in [6.07, 6.45) is -0.661. The number of amides is 9. The maximum Gasteiger partial charge on any atom is 0.326 e. The van der Waals surface area contributed by atoms with Crippen LogP contribution >= 0.6 is 0 Å². The molecule has 0 aliphatic rings. The van der Waals surface area contributed by atoms with Crippen LogP contribution in [0.25, 0.3) is 0 Å². The van der Waals surface area contributed by atoms with E-state index in [4.69, 9.17) is 22.9 Å². The van der Waals surface area contributed by atoms with Gasteiger partial charge in [-0.05, 0) is 48.9 Å². The lowest BCUT2D eigenvalue weighted by atomic mass is 10.0. The lowest BCUT2D eigenvalue weighted by molar-refractivity contribution is -0.141. The molecule has 25 nitrogen and oxygen atoms in total. The Labute approximate surface area is 385 Å². The number of carbonyl (C=O) groups excluding carboxylic acids is 9. The van der Waals surface area contributed by atoms with Gasteiger partial charge in [0.25, 0.3) is 0 Å². The van der Waals surface area contributed by atoms with Crippen LogP contribution in [-0.2, 0) is 60.8 Å². The molecule has 0 saturated carbocycles. The molecule has 0 heterocycles. The summed E-state index contributed by atoms with van der Waals surface area (Å²) in [7, 11) is 0. The second kappa shape index (κ2) is 28.2. The van der Waals surface area contributed by atoms with Gasteiger partial charge >= 0.3 is 5.97 Å². The van der Waals surface area contributed by atoms with Gasteiger partial charge in [0.1, 0.15) is 36.0 Å². The van der Waals surface area contributed by atoms with E-state index in [2.05, 4.69) is 47.5 Å². The van der Waals surface area contributed by atoms with E-state index in [1.54, 1.807) is 44.2 Å². The summed E-state index contributed by atoms with van der Waals surface area (Å²) in [5, 5.41) is 38.1. The number of hydrogen-bond donors (Lipinski definition) is 14. The van der Waals surface area contributed by atoms with Crippen LogP contribution in [0.1, 0.15) is 51.2 Å². The largest absolute Gasteiger partial charge is 0.508 e. The summed E-state index contributed by atoms with van der Waals surface area (Å²) in [5.41, 5.74) is 23.2. The second-order valence-electron chi connectivity index (χ2n) is 15.6. The van der Waals surface area contributed by atoms with Gasteiger partial charge in [0, 0.05) is 19.4 Å². The fourth-order valence-electron chi connectivity index (χ4n) is 5.87. The van der Waals surface area contributed by atoms with Gasteiger partial charge in [0.15, 0.2) is 5.96 Å². The SMILES string of the molecule is CC(C)[C@H](N)C(=O)N[C@@H](Cc1ccc(O)cc1)C(=O)N[C@@H](C)C(=O)N[C@@H](CC(N)=O)C(=O)NCC(=O)NCC(=O)N[C@@H](CCCN=C(N)N)C(=O)NCC(=O)N[C@@H](Cc1ccccc1)C(=O)O. The number of carboxylic acids is 1. The van der Waals surface area contributed by atoms with Crippen LogP contribution in [0.3, 0.4) is 0 Å². The Kier molecular flexibility index (Phi) is 23.2. The predicted molar refractivity (Wildman–Crippen MR) is 240 cm³/mol. The van der Waals surface area contributed by atoms with Crippen LogP contribution in [0.15, 0.2) is 59.6 Å². The first-order valence-electron chi connectivity index (χ1n) is 21.0. The molecule has 0 aliphatic heterocycles. The van der Waals surface area contributed by atoms with Crippen LogP contribution in [0.5, 0.6) is 5.75 Å². The molecular formula is C42H61N13O12. The fourth-order valence-corrected chi connectivity index (χ4v) is 5.87. The molecule has 366 valence electrons. The molecule has 2 aromatic rings. The molecule has 2 aromatic carbocycles. The number of nitrogens with one attached hydrogen (secondary N) is 8. The summed E-state index contributed by atoms with van der Waals surface area (Å²) < 4.78 is 0. The van der Waals surface area contributed by atoms with E-state index in [1.165, 1.54) is 31.2 Å². The highest BCUT2D eigenvalue weighted by Crippen LogP contribution is 2.12. The maximum absolute atomic E-state index is 13.4. The molecule has 0 spiro atoms. The highest BCUT2D eigenvalue weighted by Gasteiger charge is 2.31. The van der Waals surface area contributed by atoms with E-state index in [0.717, 1.165) is 0 Å². The number of guanidine groups is 1. The Hall–Kier alpha value is -7.83. The van der Waals surface area contributed by atoms with Gasteiger partial charge in [-0.25, -0.2) is 4.79 Å². The Balaban J connectivity index is 1.99. The molecule has 0 radical (unpaired) electrons. The van der Waals surface area contributed by atoms with E-state index in [0.29, 0.717) is 11.1 Å². The van der Waals surface area contributed by atoms with Gasteiger partial charge in [-0.3, -0.25) is 48.1 Å². The molecule has 6 atom stereocenters. The summed E-state index contributed by atoms with van der Waals surface area (Å²) in [5.74, 6) is -9.70. The van der Waals surface area contributed by atoms with Crippen molar-refractivity contribution < 1.29 is 58.2 Å². The zero-order valence-electron chi connectivity index (χ0n) is 37.3. The van der Waals surface area contributed by atoms with Gasteiger partial charge in [-0.1, -0.05) is 56.3 Å². The number of primary amides is 1. The van der Waals surface area contributed by atoms with Gasteiger partial charge in [0.05, 0.1) is 32.1 Å². The monoisotopic (exact) mass is 939 g/mol. The van der Waals surface area contributed by atoms with Crippen LogP contribution in [0.2, 0.25) is 0 Å². The van der Waals surface area contributed by atoms with Crippen LogP contribution in [0, 0.1) is 5.92 Å². The van der Waals surface area contributed by atoms with Gasteiger partial charge in [0.2, 0.25) is 53.2 Å². The Morgan fingerprint density at radius 3 is 1.67 bits per heavy atom. The number of hydrogen-bond acceptors (Lipinski definition) is 13. The van der Waals surface area contributed by atoms with Crippen molar-refractivity contribution in [2.75, 3.05) is 26.2 Å². The number of aromatic hydroxyl groups is 1. The Morgan fingerprint density at radius 1 is 0.582 bits per heavy atom. The van der Waals surface area contributed by atoms with Gasteiger partial charge < -0.3 is 75.7 Å². The van der Waals surface area contributed by atoms with Crippen molar-refractivity contribution in [1.82, 2.24) is 42.5 Å². The first-order chi connectivity index (χ1) is 31.6. The zero-order valence-corrected chi connectivity index (χ0v) is 37.3. The lowest BCUT2D eigenvalue weighted by Gasteiger charge is -2.25. The van der Waals surface area contributed by atoms with Gasteiger partial charge in [-0.15, -0.1) is 0 Å². The number of carboxylic acid groups (broad SMARTS) is 1. The topological polar surface area (TPSA) is 424 Å². The standard InChI is InChI=1S/C42H61N13O12/c1-22(2)35(44)40(65)55-28(16-25-11-13-26(56)14-12-25)39(64)51-23(3)36(61)54-29(18-31(43)57)38(63)49-19-32(58)48-20-33(59)52-27(10-7-15-47-42(45)46)37(62)50-21-34(60)53-30(41(66)67)17-24-8-5-4-6-9-24/h4-6,8-9,11-14,22-23,27-30,35,56H,7,10,15-21,44H2,1-3H3,(H2,43,57)(H,48,58)(H,49,63)(H,50,62)(H,51,64)(H,52,59)(H,53,60)(H,54,61)(H,55,65)(H,66,67)(H4,45,46,47)/t23-,27-,28-,29-,30-,35-/m0/s1. The minimum atomic E-state index is -1.63. The fraction of sp³-hybridized carbons (Fsp3) is 0.452. The summed E-state index contributed by atoms with van der Waals surface area (Å²) in [6, 6.07) is 6.62. The molecular weight excluding hydrogens is 879 g/mol. The van der Waals surface area contributed by atoms with E-state index in [-0.39, 0.29) is 49.9 Å². The van der Waals surface area contributed by atoms with E-state index >= 15 is 0 Å². The van der Waals surface area contributed by atoms with Crippen molar-refractivity contribution >= 4 is 65.1 Å². The number of nitrogens with two attached hydrogens (primary N) is 4. The Morgan fingerprint density at radius 2 is 1.10 bits per heavy atom. The summed E-state index contributed by atoms with van der Waals surface area (Å²) >= 11 is 0. The second-order valence-corrected chi connectivity index (χ2v) is 15.6. The number of rotatable bonds is 28. The lowest BCUT2D eigenvalue weighted by Crippen LogP contribution is -2.58. The number of aliphatic imine (C=N–C) groups is 1. The van der Waals surface area contributed by atoms with Crippen LogP contribution < -0.4 is 65.5 Å². The minimum absolute atomic E-state index is 0.0233.